The number of hydrazine groups is 2. The second-order valence-electron chi connectivity index (χ2n) is 3.44. The van der Waals surface area contributed by atoms with Gasteiger partial charge in [-0.15, -0.1) is 12.4 Å². The number of rotatable bonds is 3. The zero-order chi connectivity index (χ0) is 11.4. The number of benzene rings is 2. The Kier molecular flexibility index (Phi) is 4.78. The van der Waals surface area contributed by atoms with Gasteiger partial charge in [0.05, 0.1) is 0 Å². The molecule has 0 aliphatic carbocycles. The molecule has 90 valence electrons. The van der Waals surface area contributed by atoms with E-state index in [1.807, 2.05) is 48.5 Å². The van der Waals surface area contributed by atoms with Crippen molar-refractivity contribution in [3.05, 3.63) is 48.5 Å². The van der Waals surface area contributed by atoms with Gasteiger partial charge in [0.25, 0.3) is 0 Å². The zero-order valence-corrected chi connectivity index (χ0v) is 10.00. The molecule has 0 radical (unpaired) electrons. The summed E-state index contributed by atoms with van der Waals surface area (Å²) in [6.07, 6.45) is 0. The Morgan fingerprint density at radius 1 is 0.588 bits per heavy atom. The molecule has 0 aliphatic rings. The van der Waals surface area contributed by atoms with Crippen LogP contribution in [0.5, 0.6) is 0 Å². The zero-order valence-electron chi connectivity index (χ0n) is 9.18. The van der Waals surface area contributed by atoms with E-state index < -0.39 is 0 Å². The van der Waals surface area contributed by atoms with Crippen molar-refractivity contribution in [2.24, 2.45) is 11.7 Å². The van der Waals surface area contributed by atoms with E-state index in [2.05, 4.69) is 10.9 Å². The van der Waals surface area contributed by atoms with Gasteiger partial charge in [0.2, 0.25) is 0 Å². The second-order valence-corrected chi connectivity index (χ2v) is 3.44. The lowest BCUT2D eigenvalue weighted by Gasteiger charge is -2.05. The van der Waals surface area contributed by atoms with E-state index in [0.717, 1.165) is 22.5 Å². The Morgan fingerprint density at radius 2 is 0.882 bits per heavy atom. The summed E-state index contributed by atoms with van der Waals surface area (Å²) in [5, 5.41) is 0. The summed E-state index contributed by atoms with van der Waals surface area (Å²) >= 11 is 0. The SMILES string of the molecule is Cl.NNc1ccc(-c2ccc(NN)cc2)cc1. The van der Waals surface area contributed by atoms with Crippen molar-refractivity contribution < 1.29 is 0 Å². The molecule has 0 atom stereocenters. The third-order valence-electron chi connectivity index (χ3n) is 2.44. The number of halogens is 1. The number of hydrogen-bond donors (Lipinski definition) is 4. The van der Waals surface area contributed by atoms with Crippen LogP contribution in [0.2, 0.25) is 0 Å². The van der Waals surface area contributed by atoms with Gasteiger partial charge in [0, 0.05) is 11.4 Å². The van der Waals surface area contributed by atoms with E-state index >= 15 is 0 Å². The molecule has 0 aromatic heterocycles. The Bertz CT molecular complexity index is 407. The maximum Gasteiger partial charge on any atom is 0.0485 e. The van der Waals surface area contributed by atoms with Crippen LogP contribution in [0.25, 0.3) is 11.1 Å². The van der Waals surface area contributed by atoms with Crippen molar-refractivity contribution in [1.82, 2.24) is 0 Å². The molecule has 0 spiro atoms. The molecule has 4 nitrogen and oxygen atoms in total. The van der Waals surface area contributed by atoms with Crippen molar-refractivity contribution in [1.29, 1.82) is 0 Å². The van der Waals surface area contributed by atoms with E-state index in [0.29, 0.717) is 0 Å². The standard InChI is InChI=1S/C12H14N4.ClH/c13-15-11-5-1-9(2-6-11)10-3-7-12(16-14)8-4-10;/h1-8,15-16H,13-14H2;1H. The minimum absolute atomic E-state index is 0. The van der Waals surface area contributed by atoms with E-state index in [1.165, 1.54) is 0 Å². The smallest absolute Gasteiger partial charge is 0.0485 e. The molecule has 17 heavy (non-hydrogen) atoms. The highest BCUT2D eigenvalue weighted by molar-refractivity contribution is 5.85. The first kappa shape index (κ1) is 13.3. The molecule has 0 heterocycles. The highest BCUT2D eigenvalue weighted by Gasteiger charge is 1.97. The molecule has 0 saturated heterocycles. The molecule has 0 saturated carbocycles. The van der Waals surface area contributed by atoms with Crippen molar-refractivity contribution in [2.45, 2.75) is 0 Å². The third kappa shape index (κ3) is 3.10. The van der Waals surface area contributed by atoms with E-state index in [4.69, 9.17) is 11.7 Å². The van der Waals surface area contributed by atoms with Crippen LogP contribution < -0.4 is 22.5 Å². The molecule has 0 bridgehead atoms. The topological polar surface area (TPSA) is 76.1 Å². The van der Waals surface area contributed by atoms with Gasteiger partial charge in [-0.1, -0.05) is 24.3 Å². The summed E-state index contributed by atoms with van der Waals surface area (Å²) in [5.74, 6) is 10.6. The monoisotopic (exact) mass is 250 g/mol. The summed E-state index contributed by atoms with van der Waals surface area (Å²) in [7, 11) is 0. The molecule has 0 fully saturated rings. The number of anilines is 2. The van der Waals surface area contributed by atoms with Gasteiger partial charge < -0.3 is 10.9 Å². The summed E-state index contributed by atoms with van der Waals surface area (Å²) in [4.78, 5) is 0. The molecule has 2 aromatic carbocycles. The van der Waals surface area contributed by atoms with Crippen molar-refractivity contribution in [3.63, 3.8) is 0 Å². The van der Waals surface area contributed by atoms with Gasteiger partial charge in [-0.3, -0.25) is 11.7 Å². The van der Waals surface area contributed by atoms with Crippen molar-refractivity contribution >= 4 is 23.8 Å². The van der Waals surface area contributed by atoms with E-state index in [9.17, 15) is 0 Å². The maximum absolute atomic E-state index is 5.30. The molecular weight excluding hydrogens is 236 g/mol. The first-order valence-corrected chi connectivity index (χ1v) is 4.97. The Hall–Kier alpha value is -1.75. The van der Waals surface area contributed by atoms with Crippen LogP contribution in [0.15, 0.2) is 48.5 Å². The second kappa shape index (κ2) is 6.10. The van der Waals surface area contributed by atoms with Gasteiger partial charge in [-0.05, 0) is 35.4 Å². The normalized spacial score (nSPS) is 9.29. The van der Waals surface area contributed by atoms with Gasteiger partial charge >= 0.3 is 0 Å². The minimum Gasteiger partial charge on any atom is -0.324 e. The quantitative estimate of drug-likeness (QED) is 0.498. The molecular formula is C12H15ClN4. The first-order valence-electron chi connectivity index (χ1n) is 4.97. The third-order valence-corrected chi connectivity index (χ3v) is 2.44. The number of nitrogens with one attached hydrogen (secondary N) is 2. The average Bonchev–Trinajstić information content (AvgIpc) is 2.39. The van der Waals surface area contributed by atoms with Crippen LogP contribution in [0.1, 0.15) is 0 Å². The Morgan fingerprint density at radius 3 is 1.12 bits per heavy atom. The fourth-order valence-electron chi connectivity index (χ4n) is 1.52. The highest BCUT2D eigenvalue weighted by atomic mass is 35.5. The van der Waals surface area contributed by atoms with Gasteiger partial charge in [-0.25, -0.2) is 0 Å². The van der Waals surface area contributed by atoms with Crippen LogP contribution in [-0.2, 0) is 0 Å². The van der Waals surface area contributed by atoms with Crippen LogP contribution >= 0.6 is 12.4 Å². The number of nitrogens with two attached hydrogens (primary N) is 2. The first-order chi connectivity index (χ1) is 7.83. The van der Waals surface area contributed by atoms with E-state index in [1.54, 1.807) is 0 Å². The predicted octanol–water partition coefficient (Wildman–Crippen LogP) is 2.35. The van der Waals surface area contributed by atoms with Gasteiger partial charge in [0.15, 0.2) is 0 Å². The molecule has 5 heteroatoms. The lowest BCUT2D eigenvalue weighted by Crippen LogP contribution is -2.06. The molecule has 2 rings (SSSR count). The average molecular weight is 251 g/mol. The van der Waals surface area contributed by atoms with Crippen LogP contribution in [0, 0.1) is 0 Å². The highest BCUT2D eigenvalue weighted by Crippen LogP contribution is 2.22. The molecule has 0 amide bonds. The maximum atomic E-state index is 5.30. The van der Waals surface area contributed by atoms with E-state index in [-0.39, 0.29) is 12.4 Å². The Labute approximate surface area is 106 Å². The summed E-state index contributed by atoms with van der Waals surface area (Å²) in [6, 6.07) is 15.8. The lowest BCUT2D eigenvalue weighted by atomic mass is 10.1. The fraction of sp³-hybridized carbons (Fsp3) is 0. The summed E-state index contributed by atoms with van der Waals surface area (Å²) < 4.78 is 0. The Balaban J connectivity index is 0.00000144. The molecule has 0 unspecified atom stereocenters. The van der Waals surface area contributed by atoms with Crippen LogP contribution in [0.3, 0.4) is 0 Å². The van der Waals surface area contributed by atoms with Crippen LogP contribution in [0.4, 0.5) is 11.4 Å². The predicted molar refractivity (Wildman–Crippen MR) is 74.7 cm³/mol. The number of hydrogen-bond acceptors (Lipinski definition) is 4. The van der Waals surface area contributed by atoms with Crippen molar-refractivity contribution in [2.75, 3.05) is 10.9 Å². The number of nitrogen functional groups attached to an aromatic ring is 2. The van der Waals surface area contributed by atoms with Crippen LogP contribution in [-0.4, -0.2) is 0 Å². The molecule has 2 aromatic rings. The minimum atomic E-state index is 0. The fourth-order valence-corrected chi connectivity index (χ4v) is 1.52. The molecule has 6 N–H and O–H groups in total. The van der Waals surface area contributed by atoms with Gasteiger partial charge in [-0.2, -0.15) is 0 Å². The summed E-state index contributed by atoms with van der Waals surface area (Å²) in [5.41, 5.74) is 9.26. The molecule has 0 aliphatic heterocycles. The van der Waals surface area contributed by atoms with Crippen molar-refractivity contribution in [3.8, 4) is 11.1 Å². The van der Waals surface area contributed by atoms with Gasteiger partial charge in [0.1, 0.15) is 0 Å². The lowest BCUT2D eigenvalue weighted by molar-refractivity contribution is 1.35. The summed E-state index contributed by atoms with van der Waals surface area (Å²) in [6.45, 7) is 0. The largest absolute Gasteiger partial charge is 0.324 e.